The van der Waals surface area contributed by atoms with E-state index in [-0.39, 0.29) is 0 Å². The van der Waals surface area contributed by atoms with E-state index in [0.29, 0.717) is 6.61 Å². The van der Waals surface area contributed by atoms with Gasteiger partial charge in [0.15, 0.2) is 0 Å². The highest BCUT2D eigenvalue weighted by Gasteiger charge is 2.02. The van der Waals surface area contributed by atoms with Crippen LogP contribution in [0.15, 0.2) is 24.3 Å². The molecular formula is C14H24N2O2. The number of hydrogen-bond donors (Lipinski definition) is 1. The van der Waals surface area contributed by atoms with Crippen molar-refractivity contribution in [1.82, 2.24) is 4.90 Å². The summed E-state index contributed by atoms with van der Waals surface area (Å²) < 4.78 is 11.0. The zero-order valence-corrected chi connectivity index (χ0v) is 11.4. The van der Waals surface area contributed by atoms with E-state index < -0.39 is 0 Å². The number of ether oxygens (including phenoxy) is 2. The van der Waals surface area contributed by atoms with Crippen molar-refractivity contribution in [3.05, 3.63) is 24.3 Å². The fourth-order valence-electron chi connectivity index (χ4n) is 1.66. The minimum atomic E-state index is 0.670. The number of nitrogens with two attached hydrogens (primary N) is 1. The molecule has 0 aliphatic carbocycles. The second-order valence-corrected chi connectivity index (χ2v) is 4.05. The Bertz CT molecular complexity index is 331. The summed E-state index contributed by atoms with van der Waals surface area (Å²) >= 11 is 0. The van der Waals surface area contributed by atoms with Gasteiger partial charge in [0.2, 0.25) is 0 Å². The molecule has 0 atom stereocenters. The zero-order valence-electron chi connectivity index (χ0n) is 11.4. The topological polar surface area (TPSA) is 47.7 Å². The van der Waals surface area contributed by atoms with Gasteiger partial charge in [-0.15, -0.1) is 0 Å². The van der Waals surface area contributed by atoms with Crippen molar-refractivity contribution in [1.29, 1.82) is 0 Å². The number of anilines is 1. The summed E-state index contributed by atoms with van der Waals surface area (Å²) in [5.41, 5.74) is 6.42. The first-order valence-corrected chi connectivity index (χ1v) is 6.54. The molecule has 0 aromatic heterocycles. The van der Waals surface area contributed by atoms with Crippen molar-refractivity contribution in [2.45, 2.75) is 13.8 Å². The van der Waals surface area contributed by atoms with Gasteiger partial charge < -0.3 is 15.2 Å². The molecular weight excluding hydrogens is 228 g/mol. The number of rotatable bonds is 9. The van der Waals surface area contributed by atoms with Crippen LogP contribution < -0.4 is 10.5 Å². The summed E-state index contributed by atoms with van der Waals surface area (Å²) in [6, 6.07) is 7.52. The van der Waals surface area contributed by atoms with Crippen molar-refractivity contribution >= 4 is 5.69 Å². The van der Waals surface area contributed by atoms with Crippen LogP contribution in [0, 0.1) is 0 Å². The van der Waals surface area contributed by atoms with E-state index in [1.165, 1.54) is 0 Å². The van der Waals surface area contributed by atoms with Gasteiger partial charge in [0, 0.05) is 31.5 Å². The molecule has 102 valence electrons. The summed E-state index contributed by atoms with van der Waals surface area (Å²) in [6.07, 6.45) is 0. The van der Waals surface area contributed by atoms with Gasteiger partial charge in [0.1, 0.15) is 12.4 Å². The second kappa shape index (κ2) is 8.78. The van der Waals surface area contributed by atoms with Crippen molar-refractivity contribution in [2.24, 2.45) is 0 Å². The lowest BCUT2D eigenvalue weighted by molar-refractivity contribution is 0.108. The molecule has 4 nitrogen and oxygen atoms in total. The van der Waals surface area contributed by atoms with Crippen molar-refractivity contribution < 1.29 is 9.47 Å². The normalized spacial score (nSPS) is 10.8. The Balaban J connectivity index is 2.22. The van der Waals surface area contributed by atoms with Gasteiger partial charge in [0.05, 0.1) is 6.61 Å². The van der Waals surface area contributed by atoms with E-state index in [2.05, 4.69) is 11.8 Å². The van der Waals surface area contributed by atoms with Crippen molar-refractivity contribution in [3.8, 4) is 5.75 Å². The highest BCUT2D eigenvalue weighted by Crippen LogP contribution is 2.14. The number of hydrogen-bond acceptors (Lipinski definition) is 4. The SMILES string of the molecule is CCOCCN(CC)CCOc1cccc(N)c1. The smallest absolute Gasteiger partial charge is 0.121 e. The Morgan fingerprint density at radius 2 is 1.94 bits per heavy atom. The molecule has 0 unspecified atom stereocenters. The van der Waals surface area contributed by atoms with Crippen LogP contribution in [0.1, 0.15) is 13.8 Å². The Morgan fingerprint density at radius 1 is 1.17 bits per heavy atom. The van der Waals surface area contributed by atoms with Crippen LogP contribution in [0.2, 0.25) is 0 Å². The maximum atomic E-state index is 5.69. The van der Waals surface area contributed by atoms with Gasteiger partial charge >= 0.3 is 0 Å². The second-order valence-electron chi connectivity index (χ2n) is 4.05. The molecule has 2 N–H and O–H groups in total. The van der Waals surface area contributed by atoms with E-state index in [4.69, 9.17) is 15.2 Å². The summed E-state index contributed by atoms with van der Waals surface area (Å²) in [6.45, 7) is 9.24. The molecule has 1 aromatic rings. The lowest BCUT2D eigenvalue weighted by Gasteiger charge is -2.20. The molecule has 0 saturated carbocycles. The fourth-order valence-corrected chi connectivity index (χ4v) is 1.66. The maximum absolute atomic E-state index is 5.69. The summed E-state index contributed by atoms with van der Waals surface area (Å²) in [5, 5.41) is 0. The first-order valence-electron chi connectivity index (χ1n) is 6.54. The van der Waals surface area contributed by atoms with Crippen molar-refractivity contribution in [3.63, 3.8) is 0 Å². The molecule has 0 fully saturated rings. The minimum Gasteiger partial charge on any atom is -0.492 e. The van der Waals surface area contributed by atoms with Crippen molar-refractivity contribution in [2.75, 3.05) is 45.2 Å². The molecule has 1 aromatic carbocycles. The third-order valence-corrected chi connectivity index (χ3v) is 2.74. The summed E-state index contributed by atoms with van der Waals surface area (Å²) in [4.78, 5) is 2.31. The quantitative estimate of drug-likeness (QED) is 0.539. The van der Waals surface area contributed by atoms with Crippen LogP contribution >= 0.6 is 0 Å². The van der Waals surface area contributed by atoms with Gasteiger partial charge in [-0.05, 0) is 25.6 Å². The minimum absolute atomic E-state index is 0.670. The zero-order chi connectivity index (χ0) is 13.2. The fraction of sp³-hybridized carbons (Fsp3) is 0.571. The number of benzene rings is 1. The van der Waals surface area contributed by atoms with Crippen LogP contribution in [0.3, 0.4) is 0 Å². The molecule has 0 aliphatic heterocycles. The van der Waals surface area contributed by atoms with Gasteiger partial charge in [-0.25, -0.2) is 0 Å². The lowest BCUT2D eigenvalue weighted by atomic mass is 10.3. The Hall–Kier alpha value is -1.26. The van der Waals surface area contributed by atoms with E-state index in [1.54, 1.807) is 0 Å². The molecule has 0 heterocycles. The molecule has 1 rings (SSSR count). The lowest BCUT2D eigenvalue weighted by Crippen LogP contribution is -2.31. The highest BCUT2D eigenvalue weighted by molar-refractivity contribution is 5.43. The van der Waals surface area contributed by atoms with Gasteiger partial charge in [0.25, 0.3) is 0 Å². The molecule has 0 radical (unpaired) electrons. The van der Waals surface area contributed by atoms with Crippen LogP contribution in [0.5, 0.6) is 5.75 Å². The maximum Gasteiger partial charge on any atom is 0.121 e. The summed E-state index contributed by atoms with van der Waals surface area (Å²) in [5.74, 6) is 0.830. The van der Waals surface area contributed by atoms with Gasteiger partial charge in [-0.1, -0.05) is 13.0 Å². The van der Waals surface area contributed by atoms with Crippen LogP contribution in [0.4, 0.5) is 5.69 Å². The molecule has 18 heavy (non-hydrogen) atoms. The molecule has 0 aliphatic rings. The predicted molar refractivity (Wildman–Crippen MR) is 75.0 cm³/mol. The first kappa shape index (κ1) is 14.8. The van der Waals surface area contributed by atoms with Crippen LogP contribution in [0.25, 0.3) is 0 Å². The summed E-state index contributed by atoms with van der Waals surface area (Å²) in [7, 11) is 0. The molecule has 0 bridgehead atoms. The first-order chi connectivity index (χ1) is 8.76. The van der Waals surface area contributed by atoms with Gasteiger partial charge in [-0.2, -0.15) is 0 Å². The standard InChI is InChI=1S/C14H24N2O2/c1-3-16(8-10-17-4-2)9-11-18-14-7-5-6-13(15)12-14/h5-7,12H,3-4,8-11,15H2,1-2H3. The van der Waals surface area contributed by atoms with E-state index >= 15 is 0 Å². The van der Waals surface area contributed by atoms with Crippen LogP contribution in [-0.4, -0.2) is 44.4 Å². The van der Waals surface area contributed by atoms with Gasteiger partial charge in [-0.3, -0.25) is 4.90 Å². The van der Waals surface area contributed by atoms with E-state index in [9.17, 15) is 0 Å². The van der Waals surface area contributed by atoms with E-state index in [0.717, 1.165) is 44.3 Å². The highest BCUT2D eigenvalue weighted by atomic mass is 16.5. The molecule has 4 heteroatoms. The monoisotopic (exact) mass is 252 g/mol. The average molecular weight is 252 g/mol. The molecule has 0 amide bonds. The average Bonchev–Trinajstić information content (AvgIpc) is 2.37. The molecule has 0 spiro atoms. The molecule has 0 saturated heterocycles. The number of nitrogens with zero attached hydrogens (tertiary/aromatic N) is 1. The Kier molecular flexibility index (Phi) is 7.22. The van der Waals surface area contributed by atoms with E-state index in [1.807, 2.05) is 31.2 Å². The largest absolute Gasteiger partial charge is 0.492 e. The predicted octanol–water partition coefficient (Wildman–Crippen LogP) is 2.01. The third kappa shape index (κ3) is 5.89. The third-order valence-electron chi connectivity index (χ3n) is 2.74. The van der Waals surface area contributed by atoms with Crippen LogP contribution in [-0.2, 0) is 4.74 Å². The number of likely N-dealkylation sites (N-methyl/N-ethyl adjacent to an activating group) is 1. The number of nitrogen functional groups attached to an aromatic ring is 1. The Labute approximate surface area is 110 Å². The Morgan fingerprint density at radius 3 is 2.61 bits per heavy atom.